The lowest BCUT2D eigenvalue weighted by atomic mass is 10.2. The first kappa shape index (κ1) is 18.6. The molecule has 0 heterocycles. The summed E-state index contributed by atoms with van der Waals surface area (Å²) in [6.45, 7) is 0.885. The van der Waals surface area contributed by atoms with E-state index in [1.165, 1.54) is 0 Å². The largest absolute Gasteiger partial charge is 0.370 e. The third-order valence-corrected chi connectivity index (χ3v) is 3.37. The van der Waals surface area contributed by atoms with Crippen molar-refractivity contribution in [3.8, 4) is 0 Å². The van der Waals surface area contributed by atoms with Crippen LogP contribution in [0, 0.1) is 0 Å². The van der Waals surface area contributed by atoms with Crippen LogP contribution >= 0.6 is 0 Å². The lowest BCUT2D eigenvalue weighted by Gasteiger charge is -2.07. The summed E-state index contributed by atoms with van der Waals surface area (Å²) in [5.74, 6) is -0.804. The predicted octanol–water partition coefficient (Wildman–Crippen LogP) is 2.65. The van der Waals surface area contributed by atoms with Crippen LogP contribution in [0.1, 0.15) is 30.4 Å². The fourth-order valence-electron chi connectivity index (χ4n) is 2.07. The Kier molecular flexibility index (Phi) is 8.17. The monoisotopic (exact) mass is 342 g/mol. The van der Waals surface area contributed by atoms with Crippen molar-refractivity contribution in [2.75, 3.05) is 0 Å². The maximum atomic E-state index is 11.6. The second kappa shape index (κ2) is 11.0. The van der Waals surface area contributed by atoms with E-state index < -0.39 is 11.9 Å². The van der Waals surface area contributed by atoms with E-state index in [-0.39, 0.29) is 12.8 Å². The number of nitrogens with one attached hydrogen (secondary N) is 2. The molecule has 0 bridgehead atoms. The minimum absolute atomic E-state index is 0.148. The molecule has 2 N–H and O–H groups in total. The highest BCUT2D eigenvalue weighted by Crippen LogP contribution is 2.01. The van der Waals surface area contributed by atoms with Gasteiger partial charge in [-0.3, -0.25) is 9.59 Å². The fourth-order valence-corrected chi connectivity index (χ4v) is 2.07. The number of hydrogen-bond donors (Lipinski definition) is 2. The van der Waals surface area contributed by atoms with Gasteiger partial charge in [0.1, 0.15) is 0 Å². The Balaban J connectivity index is 1.49. The van der Waals surface area contributed by atoms with Gasteiger partial charge in [0.15, 0.2) is 0 Å². The van der Waals surface area contributed by atoms with E-state index in [9.17, 15) is 9.59 Å². The summed E-state index contributed by atoms with van der Waals surface area (Å²) in [4.78, 5) is 32.9. The third-order valence-electron chi connectivity index (χ3n) is 3.37. The molecule has 0 spiro atoms. The molecule has 0 aliphatic carbocycles. The normalized spacial score (nSPS) is 10.2. The zero-order valence-electron chi connectivity index (χ0n) is 13.9. The summed E-state index contributed by atoms with van der Waals surface area (Å²) in [6, 6.07) is 19.2. The Morgan fingerprint density at radius 3 is 1.48 bits per heavy atom. The molecule has 2 aromatic carbocycles. The molecular weight excluding hydrogens is 320 g/mol. The molecule has 0 radical (unpaired) electrons. The summed E-state index contributed by atoms with van der Waals surface area (Å²) in [5, 5.41) is 0. The molecule has 6 nitrogen and oxygen atoms in total. The molecule has 0 unspecified atom stereocenters. The summed E-state index contributed by atoms with van der Waals surface area (Å²) in [7, 11) is 0. The summed E-state index contributed by atoms with van der Waals surface area (Å²) in [5.41, 5.74) is 7.26. The van der Waals surface area contributed by atoms with E-state index in [4.69, 9.17) is 9.68 Å². The van der Waals surface area contributed by atoms with E-state index in [2.05, 4.69) is 11.0 Å². The molecule has 6 heteroatoms. The quantitative estimate of drug-likeness (QED) is 0.647. The second-order valence-corrected chi connectivity index (χ2v) is 5.42. The van der Waals surface area contributed by atoms with E-state index in [1.807, 2.05) is 60.7 Å². The maximum Gasteiger partial charge on any atom is 0.324 e. The standard InChI is InChI=1S/C19H22N2O4/c22-18(24-20-14-16-8-3-1-4-9-16)12-7-13-19(23)25-21-15-17-10-5-2-6-11-17/h1-6,8-11,20-21H,7,12-15H2. The number of hydrogen-bond acceptors (Lipinski definition) is 6. The first-order valence-corrected chi connectivity index (χ1v) is 8.17. The first-order valence-electron chi connectivity index (χ1n) is 8.17. The van der Waals surface area contributed by atoms with Crippen LogP contribution in [0.3, 0.4) is 0 Å². The molecule has 0 aliphatic rings. The molecule has 0 aromatic heterocycles. The van der Waals surface area contributed by atoms with Gasteiger partial charge in [0.25, 0.3) is 0 Å². The number of rotatable bonds is 10. The Morgan fingerprint density at radius 1 is 0.680 bits per heavy atom. The highest BCUT2D eigenvalue weighted by atomic mass is 16.7. The van der Waals surface area contributed by atoms with Crippen molar-refractivity contribution < 1.29 is 19.3 Å². The average molecular weight is 342 g/mol. The highest BCUT2D eigenvalue weighted by Gasteiger charge is 2.08. The van der Waals surface area contributed by atoms with Gasteiger partial charge >= 0.3 is 11.9 Å². The van der Waals surface area contributed by atoms with Crippen molar-refractivity contribution in [1.82, 2.24) is 11.0 Å². The van der Waals surface area contributed by atoms with Gasteiger partial charge in [-0.1, -0.05) is 60.7 Å². The van der Waals surface area contributed by atoms with E-state index in [0.29, 0.717) is 19.5 Å². The second-order valence-electron chi connectivity index (χ2n) is 5.42. The van der Waals surface area contributed by atoms with Gasteiger partial charge in [0, 0.05) is 12.8 Å². The number of hydroxylamine groups is 2. The summed E-state index contributed by atoms with van der Waals surface area (Å²) >= 11 is 0. The molecule has 132 valence electrons. The zero-order chi connectivity index (χ0) is 17.7. The number of carbonyl (C=O) groups is 2. The average Bonchev–Trinajstić information content (AvgIpc) is 2.63. The van der Waals surface area contributed by atoms with Gasteiger partial charge in [0.2, 0.25) is 0 Å². The number of carbonyl (C=O) groups excluding carboxylic acids is 2. The maximum absolute atomic E-state index is 11.6. The molecule has 0 aliphatic heterocycles. The van der Waals surface area contributed by atoms with Gasteiger partial charge in [0.05, 0.1) is 13.1 Å². The van der Waals surface area contributed by atoms with Crippen LogP contribution in [0.5, 0.6) is 0 Å². The van der Waals surface area contributed by atoms with Crippen LogP contribution in [0.25, 0.3) is 0 Å². The summed E-state index contributed by atoms with van der Waals surface area (Å²) < 4.78 is 0. The highest BCUT2D eigenvalue weighted by molar-refractivity contribution is 5.72. The molecule has 0 saturated carbocycles. The van der Waals surface area contributed by atoms with Crippen molar-refractivity contribution in [3.05, 3.63) is 71.8 Å². The third kappa shape index (κ3) is 8.10. The van der Waals surface area contributed by atoms with Crippen LogP contribution in [0.4, 0.5) is 0 Å². The lowest BCUT2D eigenvalue weighted by Crippen LogP contribution is -2.21. The van der Waals surface area contributed by atoms with Crippen LogP contribution < -0.4 is 11.0 Å². The van der Waals surface area contributed by atoms with Crippen molar-refractivity contribution in [2.45, 2.75) is 32.4 Å². The first-order chi connectivity index (χ1) is 12.2. The van der Waals surface area contributed by atoms with Crippen LogP contribution in [-0.2, 0) is 32.4 Å². The topological polar surface area (TPSA) is 76.7 Å². The Labute approximate surface area is 147 Å². The Bertz CT molecular complexity index is 589. The van der Waals surface area contributed by atoms with Gasteiger partial charge in [-0.25, -0.2) is 0 Å². The van der Waals surface area contributed by atoms with Gasteiger partial charge in [-0.15, -0.1) is 11.0 Å². The molecule has 0 saturated heterocycles. The van der Waals surface area contributed by atoms with Crippen molar-refractivity contribution in [3.63, 3.8) is 0 Å². The zero-order valence-corrected chi connectivity index (χ0v) is 13.9. The minimum Gasteiger partial charge on any atom is -0.370 e. The molecule has 2 aromatic rings. The molecule has 0 amide bonds. The van der Waals surface area contributed by atoms with Crippen LogP contribution in [-0.4, -0.2) is 11.9 Å². The molecule has 0 atom stereocenters. The van der Waals surface area contributed by atoms with Crippen LogP contribution in [0.15, 0.2) is 60.7 Å². The fraction of sp³-hybridized carbons (Fsp3) is 0.263. The SMILES string of the molecule is O=C(CCCC(=O)ONCc1ccccc1)ONCc1ccccc1. The minimum atomic E-state index is -0.402. The molecule has 0 fully saturated rings. The lowest BCUT2D eigenvalue weighted by molar-refractivity contribution is -0.153. The summed E-state index contributed by atoms with van der Waals surface area (Å²) in [6.07, 6.45) is 0.669. The predicted molar refractivity (Wildman–Crippen MR) is 92.6 cm³/mol. The number of benzene rings is 2. The molecular formula is C19H22N2O4. The van der Waals surface area contributed by atoms with Gasteiger partial charge < -0.3 is 9.68 Å². The van der Waals surface area contributed by atoms with E-state index >= 15 is 0 Å². The van der Waals surface area contributed by atoms with Crippen molar-refractivity contribution in [1.29, 1.82) is 0 Å². The van der Waals surface area contributed by atoms with E-state index in [1.54, 1.807) is 0 Å². The van der Waals surface area contributed by atoms with Crippen LogP contribution in [0.2, 0.25) is 0 Å². The van der Waals surface area contributed by atoms with Gasteiger partial charge in [-0.05, 0) is 17.5 Å². The molecule has 2 rings (SSSR count). The van der Waals surface area contributed by atoms with Gasteiger partial charge in [-0.2, -0.15) is 0 Å². The smallest absolute Gasteiger partial charge is 0.324 e. The van der Waals surface area contributed by atoms with Crippen molar-refractivity contribution in [2.24, 2.45) is 0 Å². The Hall–Kier alpha value is -2.70. The Morgan fingerprint density at radius 2 is 1.08 bits per heavy atom. The van der Waals surface area contributed by atoms with E-state index in [0.717, 1.165) is 11.1 Å². The van der Waals surface area contributed by atoms with Crippen molar-refractivity contribution >= 4 is 11.9 Å². The molecule has 25 heavy (non-hydrogen) atoms.